The molecule has 1 aromatic rings. The average molecular weight is 267 g/mol. The quantitative estimate of drug-likeness (QED) is 0.789. The van der Waals surface area contributed by atoms with Crippen LogP contribution in [0.4, 0.5) is 0 Å². The number of amides is 1. The topological polar surface area (TPSA) is 29.1 Å². The molecule has 0 unspecified atom stereocenters. The maximum absolute atomic E-state index is 12.1. The minimum absolute atomic E-state index is 0.0948. The summed E-state index contributed by atoms with van der Waals surface area (Å²) in [6.07, 6.45) is 4.46. The fourth-order valence-electron chi connectivity index (χ4n) is 2.05. The predicted molar refractivity (Wildman–Crippen MR) is 79.5 cm³/mol. The number of nitrogens with one attached hydrogen (secondary N) is 1. The normalized spacial score (nSPS) is 10.9. The molecular formula is C15H25NOS. The van der Waals surface area contributed by atoms with E-state index in [1.54, 1.807) is 11.3 Å². The van der Waals surface area contributed by atoms with Crippen molar-refractivity contribution in [2.75, 3.05) is 6.54 Å². The number of aryl methyl sites for hydroxylation is 2. The molecule has 0 aliphatic heterocycles. The summed E-state index contributed by atoms with van der Waals surface area (Å²) < 4.78 is 0. The standard InChI is InChI=1S/C15H25NOS/c1-5-8-13-9-14(18-11(13)4)15(17)16-10-12(6-2)7-3/h9,12H,5-8,10H2,1-4H3,(H,16,17). The Labute approximate surface area is 115 Å². The first-order valence-corrected chi connectivity index (χ1v) is 7.81. The zero-order chi connectivity index (χ0) is 13.5. The average Bonchev–Trinajstić information content (AvgIpc) is 2.73. The van der Waals surface area contributed by atoms with E-state index in [2.05, 4.69) is 39.1 Å². The Kier molecular flexibility index (Phi) is 6.41. The summed E-state index contributed by atoms with van der Waals surface area (Å²) in [4.78, 5) is 14.2. The van der Waals surface area contributed by atoms with E-state index in [1.165, 1.54) is 10.4 Å². The van der Waals surface area contributed by atoms with Gasteiger partial charge >= 0.3 is 0 Å². The van der Waals surface area contributed by atoms with Gasteiger partial charge in [0.05, 0.1) is 4.88 Å². The lowest BCUT2D eigenvalue weighted by Crippen LogP contribution is -2.28. The van der Waals surface area contributed by atoms with Crippen molar-refractivity contribution in [1.29, 1.82) is 0 Å². The third kappa shape index (κ3) is 4.13. The molecule has 1 aromatic heterocycles. The van der Waals surface area contributed by atoms with Crippen molar-refractivity contribution in [1.82, 2.24) is 5.32 Å². The summed E-state index contributed by atoms with van der Waals surface area (Å²) in [6.45, 7) is 9.42. The summed E-state index contributed by atoms with van der Waals surface area (Å²) in [5, 5.41) is 3.06. The predicted octanol–water partition coefficient (Wildman–Crippen LogP) is 4.18. The molecule has 0 aromatic carbocycles. The minimum Gasteiger partial charge on any atom is -0.351 e. The van der Waals surface area contributed by atoms with Gasteiger partial charge in [0.1, 0.15) is 0 Å². The second-order valence-electron chi connectivity index (χ2n) is 4.83. The molecule has 3 heteroatoms. The highest BCUT2D eigenvalue weighted by molar-refractivity contribution is 7.14. The van der Waals surface area contributed by atoms with Gasteiger partial charge in [-0.15, -0.1) is 11.3 Å². The van der Waals surface area contributed by atoms with Crippen LogP contribution in [-0.2, 0) is 6.42 Å². The molecule has 0 radical (unpaired) electrons. The molecule has 0 atom stereocenters. The minimum atomic E-state index is 0.0948. The van der Waals surface area contributed by atoms with Crippen molar-refractivity contribution in [3.8, 4) is 0 Å². The molecule has 1 heterocycles. The zero-order valence-electron chi connectivity index (χ0n) is 12.0. The van der Waals surface area contributed by atoms with Crippen molar-refractivity contribution in [2.45, 2.75) is 53.4 Å². The maximum atomic E-state index is 12.1. The van der Waals surface area contributed by atoms with E-state index in [1.807, 2.05) is 0 Å². The summed E-state index contributed by atoms with van der Waals surface area (Å²) in [5.74, 6) is 0.697. The molecule has 1 amide bonds. The molecule has 0 fully saturated rings. The van der Waals surface area contributed by atoms with Crippen LogP contribution in [0.2, 0.25) is 0 Å². The fraction of sp³-hybridized carbons (Fsp3) is 0.667. The Balaban J connectivity index is 2.58. The summed E-state index contributed by atoms with van der Waals surface area (Å²) in [7, 11) is 0. The van der Waals surface area contributed by atoms with Gasteiger partial charge in [-0.05, 0) is 30.9 Å². The fourth-order valence-corrected chi connectivity index (χ4v) is 3.04. The molecule has 0 saturated heterocycles. The number of hydrogen-bond acceptors (Lipinski definition) is 2. The molecule has 0 saturated carbocycles. The SMILES string of the molecule is CCCc1cc(C(=O)NCC(CC)CC)sc1C. The summed E-state index contributed by atoms with van der Waals surface area (Å²) in [6, 6.07) is 2.06. The Hall–Kier alpha value is -0.830. The molecule has 1 rings (SSSR count). The van der Waals surface area contributed by atoms with E-state index in [0.29, 0.717) is 5.92 Å². The number of carbonyl (C=O) groups is 1. The van der Waals surface area contributed by atoms with Crippen LogP contribution in [0.3, 0.4) is 0 Å². The lowest BCUT2D eigenvalue weighted by molar-refractivity contribution is 0.0950. The molecule has 2 nitrogen and oxygen atoms in total. The smallest absolute Gasteiger partial charge is 0.261 e. The summed E-state index contributed by atoms with van der Waals surface area (Å²) >= 11 is 1.62. The highest BCUT2D eigenvalue weighted by Gasteiger charge is 2.13. The number of hydrogen-bond donors (Lipinski definition) is 1. The lowest BCUT2D eigenvalue weighted by atomic mass is 10.0. The summed E-state index contributed by atoms with van der Waals surface area (Å²) in [5.41, 5.74) is 1.33. The van der Waals surface area contributed by atoms with Gasteiger partial charge in [-0.25, -0.2) is 0 Å². The van der Waals surface area contributed by atoms with Gasteiger partial charge in [0.25, 0.3) is 5.91 Å². The second-order valence-corrected chi connectivity index (χ2v) is 6.09. The molecule has 18 heavy (non-hydrogen) atoms. The van der Waals surface area contributed by atoms with Crippen LogP contribution in [0.1, 0.15) is 60.1 Å². The van der Waals surface area contributed by atoms with Crippen LogP contribution < -0.4 is 5.32 Å². The molecule has 102 valence electrons. The van der Waals surface area contributed by atoms with Crippen LogP contribution in [0.15, 0.2) is 6.07 Å². The maximum Gasteiger partial charge on any atom is 0.261 e. The van der Waals surface area contributed by atoms with Crippen molar-refractivity contribution in [3.63, 3.8) is 0 Å². The van der Waals surface area contributed by atoms with Gasteiger partial charge < -0.3 is 5.32 Å². The van der Waals surface area contributed by atoms with Crippen molar-refractivity contribution < 1.29 is 4.79 Å². The Morgan fingerprint density at radius 2 is 2.00 bits per heavy atom. The highest BCUT2D eigenvalue weighted by atomic mass is 32.1. The van der Waals surface area contributed by atoms with E-state index in [9.17, 15) is 4.79 Å². The van der Waals surface area contributed by atoms with Gasteiger partial charge in [0.15, 0.2) is 0 Å². The van der Waals surface area contributed by atoms with Crippen LogP contribution in [0, 0.1) is 12.8 Å². The molecule has 1 N–H and O–H groups in total. The first-order chi connectivity index (χ1) is 8.62. The Bertz CT molecular complexity index is 380. The number of thiophene rings is 1. The third-order valence-corrected chi connectivity index (χ3v) is 4.56. The van der Waals surface area contributed by atoms with Crippen molar-refractivity contribution in [2.24, 2.45) is 5.92 Å². The Morgan fingerprint density at radius 1 is 1.33 bits per heavy atom. The van der Waals surface area contributed by atoms with E-state index < -0.39 is 0 Å². The van der Waals surface area contributed by atoms with Gasteiger partial charge in [-0.3, -0.25) is 4.79 Å². The van der Waals surface area contributed by atoms with E-state index in [4.69, 9.17) is 0 Å². The van der Waals surface area contributed by atoms with E-state index in [0.717, 1.165) is 37.1 Å². The van der Waals surface area contributed by atoms with Gasteiger partial charge in [-0.2, -0.15) is 0 Å². The number of rotatable bonds is 7. The molecular weight excluding hydrogens is 242 g/mol. The number of carbonyl (C=O) groups excluding carboxylic acids is 1. The van der Waals surface area contributed by atoms with Crippen LogP contribution in [-0.4, -0.2) is 12.5 Å². The lowest BCUT2D eigenvalue weighted by Gasteiger charge is -2.12. The van der Waals surface area contributed by atoms with Crippen molar-refractivity contribution in [3.05, 3.63) is 21.4 Å². The Morgan fingerprint density at radius 3 is 2.56 bits per heavy atom. The highest BCUT2D eigenvalue weighted by Crippen LogP contribution is 2.22. The molecule has 0 bridgehead atoms. The van der Waals surface area contributed by atoms with Gasteiger partial charge in [-0.1, -0.05) is 40.0 Å². The van der Waals surface area contributed by atoms with Crippen LogP contribution in [0.25, 0.3) is 0 Å². The van der Waals surface area contributed by atoms with Gasteiger partial charge in [0.2, 0.25) is 0 Å². The zero-order valence-corrected chi connectivity index (χ0v) is 12.8. The molecule has 0 aliphatic rings. The molecule has 0 aliphatic carbocycles. The first kappa shape index (κ1) is 15.2. The first-order valence-electron chi connectivity index (χ1n) is 6.99. The van der Waals surface area contributed by atoms with E-state index >= 15 is 0 Å². The molecule has 0 spiro atoms. The second kappa shape index (κ2) is 7.57. The van der Waals surface area contributed by atoms with Crippen LogP contribution in [0.5, 0.6) is 0 Å². The van der Waals surface area contributed by atoms with Gasteiger partial charge in [0, 0.05) is 11.4 Å². The van der Waals surface area contributed by atoms with Crippen molar-refractivity contribution >= 4 is 17.2 Å². The van der Waals surface area contributed by atoms with Crippen LogP contribution >= 0.6 is 11.3 Å². The largest absolute Gasteiger partial charge is 0.351 e. The monoisotopic (exact) mass is 267 g/mol. The van der Waals surface area contributed by atoms with E-state index in [-0.39, 0.29) is 5.91 Å². The third-order valence-electron chi connectivity index (χ3n) is 3.47.